The monoisotopic (exact) mass is 284 g/mol. The van der Waals surface area contributed by atoms with Crippen molar-refractivity contribution in [2.75, 3.05) is 0 Å². The third-order valence-corrected chi connectivity index (χ3v) is 5.65. The van der Waals surface area contributed by atoms with E-state index in [0.29, 0.717) is 0 Å². The summed E-state index contributed by atoms with van der Waals surface area (Å²) in [4.78, 5) is 1.03. The van der Waals surface area contributed by atoms with Gasteiger partial charge in [-0.1, -0.05) is 55.2 Å². The van der Waals surface area contributed by atoms with E-state index in [4.69, 9.17) is 23.8 Å². The van der Waals surface area contributed by atoms with Gasteiger partial charge in [0.25, 0.3) is 0 Å². The van der Waals surface area contributed by atoms with Crippen molar-refractivity contribution >= 4 is 37.9 Å². The maximum Gasteiger partial charge on any atom is 0.0492 e. The second-order valence-electron chi connectivity index (χ2n) is 4.98. The Labute approximate surface area is 116 Å². The van der Waals surface area contributed by atoms with E-state index >= 15 is 0 Å². The average molecular weight is 285 g/mol. The van der Waals surface area contributed by atoms with Crippen LogP contribution in [0.2, 0.25) is 5.02 Å². The summed E-state index contributed by atoms with van der Waals surface area (Å²) in [5, 5.41) is 0.881. The van der Waals surface area contributed by atoms with Gasteiger partial charge in [0.1, 0.15) is 0 Å². The Kier molecular flexibility index (Phi) is 4.23. The molecule has 1 aliphatic carbocycles. The Morgan fingerprint density at radius 1 is 1.29 bits per heavy atom. The van der Waals surface area contributed by atoms with Crippen molar-refractivity contribution in [2.24, 2.45) is 0 Å². The SMILES string of the molecule is Cc1cccc(Cl)c1C(=S)C1(P)CCCCC1. The lowest BCUT2D eigenvalue weighted by molar-refractivity contribution is 0.473. The topological polar surface area (TPSA) is 0 Å². The molecule has 0 N–H and O–H groups in total. The molecule has 1 fully saturated rings. The second kappa shape index (κ2) is 5.34. The molecule has 0 amide bonds. The molecule has 0 bridgehead atoms. The van der Waals surface area contributed by atoms with Gasteiger partial charge in [-0.05, 0) is 31.4 Å². The third kappa shape index (κ3) is 2.72. The Hall–Kier alpha value is 0.0300. The second-order valence-corrected chi connectivity index (χ2v) is 6.90. The fourth-order valence-corrected chi connectivity index (χ4v) is 3.98. The molecular formula is C14H18ClPS. The van der Waals surface area contributed by atoms with Crippen molar-refractivity contribution < 1.29 is 0 Å². The first-order valence-electron chi connectivity index (χ1n) is 6.13. The molecule has 0 aliphatic heterocycles. The molecule has 1 unspecified atom stereocenters. The number of aryl methyl sites for hydroxylation is 1. The van der Waals surface area contributed by atoms with E-state index in [2.05, 4.69) is 22.2 Å². The van der Waals surface area contributed by atoms with E-state index in [1.807, 2.05) is 12.1 Å². The van der Waals surface area contributed by atoms with E-state index in [1.165, 1.54) is 37.7 Å². The smallest absolute Gasteiger partial charge is 0.0492 e. The predicted molar refractivity (Wildman–Crippen MR) is 83.4 cm³/mol. The van der Waals surface area contributed by atoms with Crippen LogP contribution in [0.4, 0.5) is 0 Å². The highest BCUT2D eigenvalue weighted by atomic mass is 35.5. The summed E-state index contributed by atoms with van der Waals surface area (Å²) < 4.78 is 0. The first-order chi connectivity index (χ1) is 8.04. The van der Waals surface area contributed by atoms with Crippen molar-refractivity contribution in [3.05, 3.63) is 34.3 Å². The summed E-state index contributed by atoms with van der Waals surface area (Å²) in [5.41, 5.74) is 2.27. The highest BCUT2D eigenvalue weighted by Gasteiger charge is 2.33. The molecule has 0 heterocycles. The zero-order valence-electron chi connectivity index (χ0n) is 10.1. The molecule has 1 aromatic carbocycles. The third-order valence-electron chi connectivity index (χ3n) is 3.65. The molecule has 17 heavy (non-hydrogen) atoms. The summed E-state index contributed by atoms with van der Waals surface area (Å²) in [7, 11) is 3.00. The summed E-state index contributed by atoms with van der Waals surface area (Å²) in [6, 6.07) is 6.01. The first-order valence-corrected chi connectivity index (χ1v) is 7.50. The maximum atomic E-state index is 6.31. The van der Waals surface area contributed by atoms with Crippen LogP contribution in [0.5, 0.6) is 0 Å². The van der Waals surface area contributed by atoms with Crippen LogP contribution in [0.3, 0.4) is 0 Å². The minimum atomic E-state index is 0.0866. The van der Waals surface area contributed by atoms with Gasteiger partial charge in [-0.3, -0.25) is 0 Å². The molecule has 0 nitrogen and oxygen atoms in total. The van der Waals surface area contributed by atoms with Crippen molar-refractivity contribution in [1.82, 2.24) is 0 Å². The van der Waals surface area contributed by atoms with Gasteiger partial charge >= 0.3 is 0 Å². The lowest BCUT2D eigenvalue weighted by atomic mass is 9.82. The van der Waals surface area contributed by atoms with Gasteiger partial charge in [0.05, 0.1) is 0 Å². The van der Waals surface area contributed by atoms with E-state index in [9.17, 15) is 0 Å². The number of rotatable bonds is 2. The zero-order valence-corrected chi connectivity index (χ0v) is 12.9. The molecule has 1 aliphatic rings. The van der Waals surface area contributed by atoms with Crippen LogP contribution in [0.1, 0.15) is 43.2 Å². The Morgan fingerprint density at radius 2 is 1.94 bits per heavy atom. The maximum absolute atomic E-state index is 6.31. The quantitative estimate of drug-likeness (QED) is 0.421. The molecule has 0 saturated heterocycles. The molecule has 2 rings (SSSR count). The van der Waals surface area contributed by atoms with Gasteiger partial charge in [-0.15, -0.1) is 9.24 Å². The number of halogens is 1. The molecule has 0 spiro atoms. The van der Waals surface area contributed by atoms with Crippen molar-refractivity contribution in [2.45, 2.75) is 44.2 Å². The molecule has 1 atom stereocenters. The van der Waals surface area contributed by atoms with E-state index in [-0.39, 0.29) is 5.16 Å². The van der Waals surface area contributed by atoms with Crippen LogP contribution >= 0.6 is 33.1 Å². The summed E-state index contributed by atoms with van der Waals surface area (Å²) in [6.07, 6.45) is 6.21. The fraction of sp³-hybridized carbons (Fsp3) is 0.500. The fourth-order valence-electron chi connectivity index (χ4n) is 2.58. The van der Waals surface area contributed by atoms with Crippen molar-refractivity contribution in [3.8, 4) is 0 Å². The van der Waals surface area contributed by atoms with Gasteiger partial charge < -0.3 is 0 Å². The number of thiocarbonyl (C=S) groups is 1. The van der Waals surface area contributed by atoms with Crippen LogP contribution in [0.15, 0.2) is 18.2 Å². The standard InChI is InChI=1S/C14H18ClPS/c1-10-6-5-7-11(15)12(10)13(17)14(16)8-3-2-4-9-14/h5-7H,2-4,8-9,16H2,1H3. The van der Waals surface area contributed by atoms with E-state index in [0.717, 1.165) is 15.5 Å². The lowest BCUT2D eigenvalue weighted by Crippen LogP contribution is -2.34. The van der Waals surface area contributed by atoms with Crippen molar-refractivity contribution in [1.29, 1.82) is 0 Å². The van der Waals surface area contributed by atoms with E-state index in [1.54, 1.807) is 0 Å². The molecule has 3 heteroatoms. The molecule has 92 valence electrons. The minimum Gasteiger partial charge on any atom is -0.125 e. The summed E-state index contributed by atoms with van der Waals surface area (Å²) in [6.45, 7) is 2.09. The predicted octanol–water partition coefficient (Wildman–Crippen LogP) is 4.94. The summed E-state index contributed by atoms with van der Waals surface area (Å²) >= 11 is 12.0. The Balaban J connectivity index is 2.36. The largest absolute Gasteiger partial charge is 0.125 e. The van der Waals surface area contributed by atoms with Crippen LogP contribution in [0.25, 0.3) is 0 Å². The van der Waals surface area contributed by atoms with Gasteiger partial charge in [-0.25, -0.2) is 0 Å². The number of benzene rings is 1. The lowest BCUT2D eigenvalue weighted by Gasteiger charge is -2.35. The average Bonchev–Trinajstić information content (AvgIpc) is 2.29. The highest BCUT2D eigenvalue weighted by molar-refractivity contribution is 7.81. The summed E-state index contributed by atoms with van der Waals surface area (Å²) in [5.74, 6) is 0. The van der Waals surface area contributed by atoms with Crippen LogP contribution in [0, 0.1) is 6.92 Å². The Bertz CT molecular complexity index is 416. The highest BCUT2D eigenvalue weighted by Crippen LogP contribution is 2.41. The molecule has 0 aromatic heterocycles. The van der Waals surface area contributed by atoms with Gasteiger partial charge in [0, 0.05) is 20.6 Å². The minimum absolute atomic E-state index is 0.0866. The van der Waals surface area contributed by atoms with Gasteiger partial charge in [-0.2, -0.15) is 0 Å². The van der Waals surface area contributed by atoms with Gasteiger partial charge in [0.15, 0.2) is 0 Å². The molecule has 1 aromatic rings. The van der Waals surface area contributed by atoms with Gasteiger partial charge in [0.2, 0.25) is 0 Å². The molecule has 1 saturated carbocycles. The van der Waals surface area contributed by atoms with Crippen molar-refractivity contribution in [3.63, 3.8) is 0 Å². The van der Waals surface area contributed by atoms with E-state index < -0.39 is 0 Å². The number of hydrogen-bond acceptors (Lipinski definition) is 1. The van der Waals surface area contributed by atoms with Crippen LogP contribution < -0.4 is 0 Å². The molecular weight excluding hydrogens is 267 g/mol. The zero-order chi connectivity index (χ0) is 12.5. The first kappa shape index (κ1) is 13.5. The molecule has 0 radical (unpaired) electrons. The van der Waals surface area contributed by atoms with Crippen LogP contribution in [-0.4, -0.2) is 10.0 Å². The van der Waals surface area contributed by atoms with Crippen LogP contribution in [-0.2, 0) is 0 Å². The number of hydrogen-bond donors (Lipinski definition) is 0. The normalized spacial score (nSPS) is 19.0. The Morgan fingerprint density at radius 3 is 2.53 bits per heavy atom.